The van der Waals surface area contributed by atoms with Crippen LogP contribution in [0.3, 0.4) is 0 Å². The van der Waals surface area contributed by atoms with Crippen LogP contribution in [0.1, 0.15) is 16.9 Å². The molecule has 0 bridgehead atoms. The van der Waals surface area contributed by atoms with Crippen LogP contribution in [0.15, 0.2) is 6.20 Å². The lowest BCUT2D eigenvalue weighted by Gasteiger charge is -2.04. The first-order valence-electron chi connectivity index (χ1n) is 5.05. The summed E-state index contributed by atoms with van der Waals surface area (Å²) in [6.07, 6.45) is 2.14. The van der Waals surface area contributed by atoms with Gasteiger partial charge in [-0.15, -0.1) is 0 Å². The summed E-state index contributed by atoms with van der Waals surface area (Å²) in [4.78, 5) is 11.3. The largest absolute Gasteiger partial charge is 0.382 e. The summed E-state index contributed by atoms with van der Waals surface area (Å²) < 4.78 is 10.1. The minimum atomic E-state index is -0.231. The summed E-state index contributed by atoms with van der Waals surface area (Å²) in [7, 11) is 1.63. The Bertz CT molecular complexity index is 289. The Morgan fingerprint density at radius 1 is 1.50 bits per heavy atom. The maximum atomic E-state index is 11.3. The number of methoxy groups -OCH3 is 1. The van der Waals surface area contributed by atoms with Crippen molar-refractivity contribution in [1.82, 2.24) is 20.7 Å². The standard InChI is InChI=1S/C9H16N4O3/c1-15-5-6-16-4-2-3-10-9(14)8-7-11-13-12-8/h7H,2-6H2,1H3,(H,10,14)(H,11,12,13). The lowest BCUT2D eigenvalue weighted by Crippen LogP contribution is -2.25. The molecule has 16 heavy (non-hydrogen) atoms. The topological polar surface area (TPSA) is 89.1 Å². The van der Waals surface area contributed by atoms with Crippen molar-refractivity contribution < 1.29 is 14.3 Å². The fourth-order valence-electron chi connectivity index (χ4n) is 1.02. The lowest BCUT2D eigenvalue weighted by atomic mass is 10.4. The number of H-pyrrole nitrogens is 1. The minimum Gasteiger partial charge on any atom is -0.382 e. The Kier molecular flexibility index (Phi) is 6.12. The van der Waals surface area contributed by atoms with Gasteiger partial charge in [-0.25, -0.2) is 0 Å². The molecule has 1 heterocycles. The van der Waals surface area contributed by atoms with Gasteiger partial charge in [0.1, 0.15) is 0 Å². The number of amides is 1. The molecule has 0 atom stereocenters. The van der Waals surface area contributed by atoms with E-state index in [0.717, 1.165) is 6.42 Å². The number of rotatable bonds is 8. The highest BCUT2D eigenvalue weighted by Crippen LogP contribution is 1.88. The van der Waals surface area contributed by atoms with Crippen molar-refractivity contribution in [2.24, 2.45) is 0 Å². The fraction of sp³-hybridized carbons (Fsp3) is 0.667. The van der Waals surface area contributed by atoms with E-state index in [0.29, 0.717) is 32.1 Å². The minimum absolute atomic E-state index is 0.231. The summed E-state index contributed by atoms with van der Waals surface area (Å²) >= 11 is 0. The zero-order chi connectivity index (χ0) is 11.6. The van der Waals surface area contributed by atoms with Gasteiger partial charge in [0.2, 0.25) is 0 Å². The number of carbonyl (C=O) groups excluding carboxylic acids is 1. The molecule has 1 rings (SSSR count). The van der Waals surface area contributed by atoms with Crippen LogP contribution >= 0.6 is 0 Å². The summed E-state index contributed by atoms with van der Waals surface area (Å²) in [6, 6.07) is 0. The molecule has 0 aliphatic rings. The number of hydrogen-bond donors (Lipinski definition) is 2. The molecule has 0 saturated heterocycles. The Morgan fingerprint density at radius 3 is 3.06 bits per heavy atom. The average molecular weight is 228 g/mol. The molecule has 1 aromatic rings. The normalized spacial score (nSPS) is 10.3. The van der Waals surface area contributed by atoms with E-state index in [4.69, 9.17) is 9.47 Å². The van der Waals surface area contributed by atoms with Crippen LogP contribution in [-0.4, -0.2) is 54.8 Å². The number of aromatic amines is 1. The van der Waals surface area contributed by atoms with Crippen molar-refractivity contribution in [3.63, 3.8) is 0 Å². The highest BCUT2D eigenvalue weighted by Gasteiger charge is 2.06. The molecule has 0 unspecified atom stereocenters. The number of aromatic nitrogens is 3. The van der Waals surface area contributed by atoms with Crippen LogP contribution in [0.4, 0.5) is 0 Å². The molecule has 0 aromatic carbocycles. The number of carbonyl (C=O) groups is 1. The van der Waals surface area contributed by atoms with Gasteiger partial charge in [-0.05, 0) is 6.42 Å². The number of hydrogen-bond acceptors (Lipinski definition) is 5. The fourth-order valence-corrected chi connectivity index (χ4v) is 1.02. The third kappa shape index (κ3) is 4.85. The van der Waals surface area contributed by atoms with Crippen molar-refractivity contribution >= 4 is 5.91 Å². The second-order valence-corrected chi connectivity index (χ2v) is 3.07. The van der Waals surface area contributed by atoms with Crippen LogP contribution in [0.25, 0.3) is 0 Å². The van der Waals surface area contributed by atoms with Crippen LogP contribution in [0.5, 0.6) is 0 Å². The molecule has 0 aliphatic carbocycles. The van der Waals surface area contributed by atoms with Gasteiger partial charge in [-0.3, -0.25) is 4.79 Å². The highest BCUT2D eigenvalue weighted by molar-refractivity contribution is 5.91. The number of ether oxygens (including phenoxy) is 2. The molecule has 90 valence electrons. The maximum absolute atomic E-state index is 11.3. The van der Waals surface area contributed by atoms with Crippen LogP contribution in [-0.2, 0) is 9.47 Å². The van der Waals surface area contributed by atoms with E-state index in [2.05, 4.69) is 20.7 Å². The monoisotopic (exact) mass is 228 g/mol. The third-order valence-electron chi connectivity index (χ3n) is 1.83. The Hall–Kier alpha value is -1.47. The molecule has 2 N–H and O–H groups in total. The molecule has 1 aromatic heterocycles. The summed E-state index contributed by atoms with van der Waals surface area (Å²) in [5.41, 5.74) is 0.292. The Morgan fingerprint density at radius 2 is 2.38 bits per heavy atom. The zero-order valence-corrected chi connectivity index (χ0v) is 9.23. The number of nitrogens with zero attached hydrogens (tertiary/aromatic N) is 2. The van der Waals surface area contributed by atoms with E-state index in [1.54, 1.807) is 7.11 Å². The second kappa shape index (κ2) is 7.77. The van der Waals surface area contributed by atoms with Gasteiger partial charge < -0.3 is 14.8 Å². The van der Waals surface area contributed by atoms with E-state index in [-0.39, 0.29) is 5.91 Å². The molecule has 0 radical (unpaired) electrons. The molecular formula is C9H16N4O3. The highest BCUT2D eigenvalue weighted by atomic mass is 16.5. The van der Waals surface area contributed by atoms with Gasteiger partial charge in [0.15, 0.2) is 5.69 Å². The summed E-state index contributed by atoms with van der Waals surface area (Å²) in [5.74, 6) is -0.231. The van der Waals surface area contributed by atoms with Crippen molar-refractivity contribution in [1.29, 1.82) is 0 Å². The van der Waals surface area contributed by atoms with Crippen molar-refractivity contribution in [2.75, 3.05) is 33.5 Å². The van der Waals surface area contributed by atoms with Gasteiger partial charge in [0.25, 0.3) is 5.91 Å². The molecule has 7 heteroatoms. The van der Waals surface area contributed by atoms with Gasteiger partial charge in [0, 0.05) is 20.3 Å². The summed E-state index contributed by atoms with van der Waals surface area (Å²) in [6.45, 7) is 2.32. The number of nitrogens with one attached hydrogen (secondary N) is 2. The van der Waals surface area contributed by atoms with E-state index in [1.807, 2.05) is 0 Å². The van der Waals surface area contributed by atoms with Crippen LogP contribution < -0.4 is 5.32 Å². The lowest BCUT2D eigenvalue weighted by molar-refractivity contribution is 0.0688. The zero-order valence-electron chi connectivity index (χ0n) is 9.23. The first-order chi connectivity index (χ1) is 7.84. The van der Waals surface area contributed by atoms with Gasteiger partial charge in [0.05, 0.1) is 19.4 Å². The summed E-state index contributed by atoms with van der Waals surface area (Å²) in [5, 5.41) is 12.3. The molecule has 0 spiro atoms. The molecule has 7 nitrogen and oxygen atoms in total. The van der Waals surface area contributed by atoms with Crippen molar-refractivity contribution in [2.45, 2.75) is 6.42 Å². The Balaban J connectivity index is 1.97. The predicted octanol–water partition coefficient (Wildman–Crippen LogP) is -0.412. The van der Waals surface area contributed by atoms with E-state index >= 15 is 0 Å². The molecule has 0 aliphatic heterocycles. The second-order valence-electron chi connectivity index (χ2n) is 3.07. The Labute approximate surface area is 93.5 Å². The van der Waals surface area contributed by atoms with Crippen molar-refractivity contribution in [3.05, 3.63) is 11.9 Å². The van der Waals surface area contributed by atoms with E-state index < -0.39 is 0 Å². The van der Waals surface area contributed by atoms with Gasteiger partial charge >= 0.3 is 0 Å². The molecular weight excluding hydrogens is 212 g/mol. The predicted molar refractivity (Wildman–Crippen MR) is 56.0 cm³/mol. The SMILES string of the molecule is COCCOCCCNC(=O)c1cn[nH]n1. The van der Waals surface area contributed by atoms with E-state index in [1.165, 1.54) is 6.20 Å². The molecule has 0 saturated carbocycles. The van der Waals surface area contributed by atoms with Crippen molar-refractivity contribution in [3.8, 4) is 0 Å². The third-order valence-corrected chi connectivity index (χ3v) is 1.83. The first kappa shape index (κ1) is 12.6. The first-order valence-corrected chi connectivity index (χ1v) is 5.05. The van der Waals surface area contributed by atoms with E-state index in [9.17, 15) is 4.79 Å². The molecule has 0 fully saturated rings. The average Bonchev–Trinajstić information content (AvgIpc) is 2.81. The maximum Gasteiger partial charge on any atom is 0.273 e. The van der Waals surface area contributed by atoms with Gasteiger partial charge in [-0.1, -0.05) is 0 Å². The molecule has 1 amide bonds. The smallest absolute Gasteiger partial charge is 0.273 e. The van der Waals surface area contributed by atoms with Gasteiger partial charge in [-0.2, -0.15) is 15.4 Å². The van der Waals surface area contributed by atoms with Crippen LogP contribution in [0, 0.1) is 0 Å². The van der Waals surface area contributed by atoms with Crippen LogP contribution in [0.2, 0.25) is 0 Å². The quantitative estimate of drug-likeness (QED) is 0.590.